The van der Waals surface area contributed by atoms with Gasteiger partial charge in [-0.3, -0.25) is 9.78 Å². The Kier molecular flexibility index (Phi) is 2.45. The average molecular weight is 237 g/mol. The first kappa shape index (κ1) is 10.7. The fourth-order valence-corrected chi connectivity index (χ4v) is 2.00. The number of rotatable bonds is 2. The number of carbonyl (C=O) groups is 1. The molecule has 3 rings (SSSR count). The third-order valence-corrected chi connectivity index (χ3v) is 2.87. The minimum absolute atomic E-state index is 0.328. The Bertz CT molecular complexity index is 728. The highest BCUT2D eigenvalue weighted by atomic mass is 16.3. The number of fused-ring (bicyclic) bond motifs is 1. The lowest BCUT2D eigenvalue weighted by Crippen LogP contribution is -1.86. The fourth-order valence-electron chi connectivity index (χ4n) is 2.00. The Labute approximate surface area is 104 Å². The maximum Gasteiger partial charge on any atom is 0.185 e. The second-order valence-corrected chi connectivity index (χ2v) is 4.15. The van der Waals surface area contributed by atoms with Gasteiger partial charge in [-0.2, -0.15) is 0 Å². The van der Waals surface area contributed by atoms with E-state index in [-0.39, 0.29) is 0 Å². The van der Waals surface area contributed by atoms with Crippen LogP contribution in [0, 0.1) is 6.92 Å². The van der Waals surface area contributed by atoms with Crippen molar-refractivity contribution in [1.29, 1.82) is 0 Å². The van der Waals surface area contributed by atoms with Gasteiger partial charge in [0.25, 0.3) is 0 Å². The largest absolute Gasteiger partial charge is 0.453 e. The van der Waals surface area contributed by atoms with Gasteiger partial charge in [0.1, 0.15) is 5.76 Å². The third kappa shape index (κ3) is 1.70. The van der Waals surface area contributed by atoms with Gasteiger partial charge in [-0.05, 0) is 31.2 Å². The molecule has 3 aromatic rings. The highest BCUT2D eigenvalue weighted by Crippen LogP contribution is 2.28. The molecule has 0 N–H and O–H groups in total. The predicted octanol–water partition coefficient (Wildman–Crippen LogP) is 3.62. The Balaban J connectivity index is 2.27. The molecule has 0 bridgehead atoms. The molecule has 0 saturated carbocycles. The van der Waals surface area contributed by atoms with Crippen molar-refractivity contribution in [2.75, 3.05) is 0 Å². The third-order valence-electron chi connectivity index (χ3n) is 2.87. The van der Waals surface area contributed by atoms with Crippen LogP contribution >= 0.6 is 0 Å². The van der Waals surface area contributed by atoms with Crippen molar-refractivity contribution >= 4 is 17.2 Å². The van der Waals surface area contributed by atoms with Crippen molar-refractivity contribution in [3.05, 3.63) is 53.9 Å². The van der Waals surface area contributed by atoms with Crippen LogP contribution in [0.2, 0.25) is 0 Å². The molecule has 0 amide bonds. The second-order valence-electron chi connectivity index (χ2n) is 4.15. The van der Waals surface area contributed by atoms with Crippen molar-refractivity contribution in [3.8, 4) is 11.3 Å². The Morgan fingerprint density at radius 2 is 2.00 bits per heavy atom. The first-order chi connectivity index (χ1) is 8.78. The Morgan fingerprint density at radius 3 is 2.78 bits per heavy atom. The van der Waals surface area contributed by atoms with Crippen molar-refractivity contribution in [3.63, 3.8) is 0 Å². The van der Waals surface area contributed by atoms with E-state index in [1.807, 2.05) is 37.3 Å². The Morgan fingerprint density at radius 1 is 1.11 bits per heavy atom. The number of furan rings is 1. The number of benzene rings is 1. The molecule has 88 valence electrons. The zero-order valence-electron chi connectivity index (χ0n) is 9.88. The van der Waals surface area contributed by atoms with Crippen molar-refractivity contribution < 1.29 is 9.21 Å². The summed E-state index contributed by atoms with van der Waals surface area (Å²) < 4.78 is 5.46. The number of para-hydroxylation sites is 1. The summed E-state index contributed by atoms with van der Waals surface area (Å²) >= 11 is 0. The molecule has 0 radical (unpaired) electrons. The summed E-state index contributed by atoms with van der Waals surface area (Å²) in [6.45, 7) is 1.95. The minimum atomic E-state index is 0.328. The van der Waals surface area contributed by atoms with Crippen molar-refractivity contribution in [2.24, 2.45) is 0 Å². The number of pyridine rings is 1. The number of hydrogen-bond acceptors (Lipinski definition) is 3. The average Bonchev–Trinajstić information content (AvgIpc) is 2.86. The van der Waals surface area contributed by atoms with Crippen molar-refractivity contribution in [1.82, 2.24) is 4.98 Å². The number of aldehydes is 1. The van der Waals surface area contributed by atoms with E-state index < -0.39 is 0 Å². The molecule has 0 unspecified atom stereocenters. The van der Waals surface area contributed by atoms with Gasteiger partial charge in [-0.25, -0.2) is 0 Å². The normalized spacial score (nSPS) is 10.7. The number of nitrogens with zero attached hydrogens (tertiary/aromatic N) is 1. The second kappa shape index (κ2) is 4.11. The first-order valence-corrected chi connectivity index (χ1v) is 5.70. The van der Waals surface area contributed by atoms with E-state index >= 15 is 0 Å². The van der Waals surface area contributed by atoms with Gasteiger partial charge < -0.3 is 4.42 Å². The molecular formula is C15H11NO2. The monoisotopic (exact) mass is 237 g/mol. The highest BCUT2D eigenvalue weighted by Gasteiger charge is 2.09. The van der Waals surface area contributed by atoms with Crippen LogP contribution in [0.3, 0.4) is 0 Å². The van der Waals surface area contributed by atoms with E-state index in [0.717, 1.165) is 22.2 Å². The molecule has 3 heteroatoms. The van der Waals surface area contributed by atoms with E-state index in [4.69, 9.17) is 4.42 Å². The maximum atomic E-state index is 10.7. The van der Waals surface area contributed by atoms with E-state index in [9.17, 15) is 4.79 Å². The van der Waals surface area contributed by atoms with Gasteiger partial charge in [-0.15, -0.1) is 0 Å². The molecular weight excluding hydrogens is 226 g/mol. The zero-order valence-corrected chi connectivity index (χ0v) is 9.88. The molecule has 1 aromatic carbocycles. The Hall–Kier alpha value is -2.42. The van der Waals surface area contributed by atoms with Crippen LogP contribution in [-0.2, 0) is 0 Å². The van der Waals surface area contributed by atoms with E-state index in [2.05, 4.69) is 4.98 Å². The fraction of sp³-hybridized carbons (Fsp3) is 0.0667. The summed E-state index contributed by atoms with van der Waals surface area (Å²) in [4.78, 5) is 15.2. The van der Waals surface area contributed by atoms with Gasteiger partial charge in [0.15, 0.2) is 12.0 Å². The SMILES string of the molecule is Cc1ccc2cccc(-c3ccc(C=O)o3)c2n1. The van der Waals surface area contributed by atoms with Crippen LogP contribution in [0.5, 0.6) is 0 Å². The summed E-state index contributed by atoms with van der Waals surface area (Å²) in [5.74, 6) is 0.996. The molecule has 3 nitrogen and oxygen atoms in total. The number of aryl methyl sites for hydroxylation is 1. The smallest absolute Gasteiger partial charge is 0.185 e. The lowest BCUT2D eigenvalue weighted by Gasteiger charge is -2.04. The number of aromatic nitrogens is 1. The predicted molar refractivity (Wildman–Crippen MR) is 69.6 cm³/mol. The van der Waals surface area contributed by atoms with Gasteiger partial charge in [0.05, 0.1) is 5.52 Å². The van der Waals surface area contributed by atoms with Crippen LogP contribution in [0.15, 0.2) is 46.9 Å². The van der Waals surface area contributed by atoms with Gasteiger partial charge >= 0.3 is 0 Å². The molecule has 0 atom stereocenters. The summed E-state index contributed by atoms with van der Waals surface area (Å²) in [5, 5.41) is 1.06. The molecule has 0 fully saturated rings. The first-order valence-electron chi connectivity index (χ1n) is 5.70. The molecule has 18 heavy (non-hydrogen) atoms. The molecule has 2 aromatic heterocycles. The zero-order chi connectivity index (χ0) is 12.5. The van der Waals surface area contributed by atoms with E-state index in [0.29, 0.717) is 17.8 Å². The topological polar surface area (TPSA) is 43.1 Å². The summed E-state index contributed by atoms with van der Waals surface area (Å²) in [6.07, 6.45) is 0.702. The lowest BCUT2D eigenvalue weighted by atomic mass is 10.1. The lowest BCUT2D eigenvalue weighted by molar-refractivity contribution is 0.110. The molecule has 0 aliphatic rings. The summed E-state index contributed by atoms with van der Waals surface area (Å²) in [5.41, 5.74) is 2.76. The van der Waals surface area contributed by atoms with Crippen molar-refractivity contribution in [2.45, 2.75) is 6.92 Å². The van der Waals surface area contributed by atoms with Crippen LogP contribution in [0.1, 0.15) is 16.2 Å². The molecule has 0 spiro atoms. The maximum absolute atomic E-state index is 10.7. The number of carbonyl (C=O) groups excluding carboxylic acids is 1. The van der Waals surface area contributed by atoms with Gasteiger partial charge in [0, 0.05) is 16.6 Å². The highest BCUT2D eigenvalue weighted by molar-refractivity contribution is 5.92. The van der Waals surface area contributed by atoms with Crippen LogP contribution in [0.25, 0.3) is 22.2 Å². The van der Waals surface area contributed by atoms with E-state index in [1.165, 1.54) is 0 Å². The quantitative estimate of drug-likeness (QED) is 0.639. The van der Waals surface area contributed by atoms with Gasteiger partial charge in [0.2, 0.25) is 0 Å². The molecule has 0 aliphatic carbocycles. The van der Waals surface area contributed by atoms with E-state index in [1.54, 1.807) is 12.1 Å². The minimum Gasteiger partial charge on any atom is -0.453 e. The molecule has 2 heterocycles. The number of hydrogen-bond donors (Lipinski definition) is 0. The molecule has 0 saturated heterocycles. The standard InChI is InChI=1S/C15H11NO2/c1-10-5-6-11-3-2-4-13(15(11)16-10)14-8-7-12(9-17)18-14/h2-9H,1H3. The van der Waals surface area contributed by atoms with Gasteiger partial charge in [-0.1, -0.05) is 18.2 Å². The summed E-state index contributed by atoms with van der Waals surface area (Å²) in [6, 6.07) is 13.4. The van der Waals surface area contributed by atoms with Crippen LogP contribution in [0.4, 0.5) is 0 Å². The summed E-state index contributed by atoms with van der Waals surface area (Å²) in [7, 11) is 0. The van der Waals surface area contributed by atoms with Crippen LogP contribution < -0.4 is 0 Å². The molecule has 0 aliphatic heterocycles. The van der Waals surface area contributed by atoms with Crippen LogP contribution in [-0.4, -0.2) is 11.3 Å².